The minimum absolute atomic E-state index is 0. The largest absolute Gasteiger partial charge is 0.385 e. The van der Waals surface area contributed by atoms with Gasteiger partial charge in [0.2, 0.25) is 0 Å². The van der Waals surface area contributed by atoms with Gasteiger partial charge in [0.25, 0.3) is 5.91 Å². The van der Waals surface area contributed by atoms with Crippen molar-refractivity contribution in [2.75, 3.05) is 40.5 Å². The molecule has 0 aliphatic carbocycles. The summed E-state index contributed by atoms with van der Waals surface area (Å²) in [6, 6.07) is 7.92. The van der Waals surface area contributed by atoms with Crippen molar-refractivity contribution in [1.82, 2.24) is 15.5 Å². The lowest BCUT2D eigenvalue weighted by Gasteiger charge is -2.34. The van der Waals surface area contributed by atoms with Crippen molar-refractivity contribution in [3.63, 3.8) is 0 Å². The molecule has 1 aromatic rings. The fourth-order valence-corrected chi connectivity index (χ4v) is 3.43. The predicted molar refractivity (Wildman–Crippen MR) is 136 cm³/mol. The summed E-state index contributed by atoms with van der Waals surface area (Å²) >= 11 is 0. The van der Waals surface area contributed by atoms with Gasteiger partial charge in [0.05, 0.1) is 6.10 Å². The van der Waals surface area contributed by atoms with E-state index in [1.165, 1.54) is 0 Å². The number of hydrogen-bond donors (Lipinski definition) is 2. The molecular weight excluding hydrogens is 507 g/mol. The van der Waals surface area contributed by atoms with Crippen LogP contribution < -0.4 is 10.6 Å². The highest BCUT2D eigenvalue weighted by molar-refractivity contribution is 14.0. The highest BCUT2D eigenvalue weighted by Crippen LogP contribution is 2.14. The first-order chi connectivity index (χ1) is 14.6. The third kappa shape index (κ3) is 9.74. The molecule has 0 bridgehead atoms. The van der Waals surface area contributed by atoms with Gasteiger partial charge in [-0.05, 0) is 50.3 Å². The van der Waals surface area contributed by atoms with Gasteiger partial charge in [0.15, 0.2) is 5.96 Å². The van der Waals surface area contributed by atoms with Crippen molar-refractivity contribution in [3.05, 3.63) is 35.4 Å². The molecular formula is C23H39IN4O3. The van der Waals surface area contributed by atoms with Crippen LogP contribution >= 0.6 is 24.0 Å². The first kappa shape index (κ1) is 27.6. The van der Waals surface area contributed by atoms with Crippen molar-refractivity contribution in [3.8, 4) is 0 Å². The van der Waals surface area contributed by atoms with Crippen LogP contribution in [0.15, 0.2) is 29.3 Å². The second-order valence-corrected chi connectivity index (χ2v) is 7.79. The fraction of sp³-hybridized carbons (Fsp3) is 0.652. The van der Waals surface area contributed by atoms with Gasteiger partial charge in [0, 0.05) is 58.6 Å². The van der Waals surface area contributed by atoms with Crippen LogP contribution in [0.25, 0.3) is 0 Å². The zero-order chi connectivity index (χ0) is 21.8. The van der Waals surface area contributed by atoms with Crippen LogP contribution in [-0.2, 0) is 16.0 Å². The third-order valence-corrected chi connectivity index (χ3v) is 5.43. The number of carbonyl (C=O) groups is 1. The average Bonchev–Trinajstić information content (AvgIpc) is 2.78. The molecule has 1 saturated heterocycles. The molecule has 1 unspecified atom stereocenters. The molecule has 1 atom stereocenters. The number of aliphatic imine (C=N–C) groups is 1. The molecule has 8 heteroatoms. The summed E-state index contributed by atoms with van der Waals surface area (Å²) in [5.74, 6) is 0.866. The van der Waals surface area contributed by atoms with Gasteiger partial charge in [-0.15, -0.1) is 24.0 Å². The second-order valence-electron chi connectivity index (χ2n) is 7.79. The summed E-state index contributed by atoms with van der Waals surface area (Å²) in [7, 11) is 3.53. The minimum atomic E-state index is -0.0249. The number of amides is 1. The molecule has 1 aromatic carbocycles. The molecule has 0 aromatic heterocycles. The second kappa shape index (κ2) is 15.4. The fourth-order valence-electron chi connectivity index (χ4n) is 3.43. The summed E-state index contributed by atoms with van der Waals surface area (Å²) in [5.41, 5.74) is 1.75. The van der Waals surface area contributed by atoms with Gasteiger partial charge in [-0.3, -0.25) is 9.79 Å². The maximum atomic E-state index is 12.4. The molecule has 0 saturated carbocycles. The Balaban J connectivity index is 0.00000480. The molecule has 2 N–H and O–H groups in total. The molecule has 1 amide bonds. The number of nitrogens with zero attached hydrogens (tertiary/aromatic N) is 2. The summed E-state index contributed by atoms with van der Waals surface area (Å²) in [4.78, 5) is 19.1. The summed E-state index contributed by atoms with van der Waals surface area (Å²) in [6.07, 6.45) is 4.17. The number of methoxy groups -OCH3 is 1. The number of halogens is 1. The molecule has 0 radical (unpaired) electrons. The average molecular weight is 546 g/mol. The molecule has 176 valence electrons. The Morgan fingerprint density at radius 3 is 2.68 bits per heavy atom. The van der Waals surface area contributed by atoms with Gasteiger partial charge < -0.3 is 25.0 Å². The number of piperidine rings is 1. The summed E-state index contributed by atoms with van der Waals surface area (Å²) in [5, 5.41) is 6.45. The number of ether oxygens (including phenoxy) is 2. The molecule has 2 rings (SSSR count). The number of guanidine groups is 1. The van der Waals surface area contributed by atoms with Crippen molar-refractivity contribution < 1.29 is 14.3 Å². The molecule has 1 aliphatic rings. The number of benzene rings is 1. The van der Waals surface area contributed by atoms with Crippen LogP contribution in [-0.4, -0.2) is 69.4 Å². The van der Waals surface area contributed by atoms with E-state index in [0.717, 1.165) is 63.5 Å². The number of carbonyl (C=O) groups excluding carboxylic acids is 1. The van der Waals surface area contributed by atoms with E-state index >= 15 is 0 Å². The summed E-state index contributed by atoms with van der Waals surface area (Å²) < 4.78 is 11.0. The van der Waals surface area contributed by atoms with Crippen LogP contribution in [0, 0.1) is 0 Å². The lowest BCUT2D eigenvalue weighted by Crippen LogP contribution is -2.46. The highest BCUT2D eigenvalue weighted by atomic mass is 127. The Labute approximate surface area is 204 Å². The summed E-state index contributed by atoms with van der Waals surface area (Å²) in [6.45, 7) is 8.05. The van der Waals surface area contributed by atoms with E-state index in [1.54, 1.807) is 7.11 Å². The molecule has 31 heavy (non-hydrogen) atoms. The van der Waals surface area contributed by atoms with Gasteiger partial charge in [-0.25, -0.2) is 0 Å². The van der Waals surface area contributed by atoms with E-state index in [9.17, 15) is 4.79 Å². The first-order valence-electron chi connectivity index (χ1n) is 11.0. The monoisotopic (exact) mass is 546 g/mol. The number of rotatable bonds is 10. The van der Waals surface area contributed by atoms with Crippen LogP contribution in [0.5, 0.6) is 0 Å². The maximum absolute atomic E-state index is 12.4. The number of nitrogens with one attached hydrogen (secondary N) is 2. The maximum Gasteiger partial charge on any atom is 0.251 e. The van der Waals surface area contributed by atoms with Gasteiger partial charge >= 0.3 is 0 Å². The van der Waals surface area contributed by atoms with Crippen LogP contribution in [0.2, 0.25) is 0 Å². The normalized spacial score (nSPS) is 15.9. The third-order valence-electron chi connectivity index (χ3n) is 5.43. The molecule has 1 fully saturated rings. The SMILES string of the molecule is CCC(C)NC(=O)c1cccc(CNC(=NC)N2CCC(OCCCOC)CC2)c1.I. The molecule has 7 nitrogen and oxygen atoms in total. The van der Waals surface area contributed by atoms with E-state index in [4.69, 9.17) is 9.47 Å². The van der Waals surface area contributed by atoms with E-state index in [1.807, 2.05) is 38.2 Å². The first-order valence-corrected chi connectivity index (χ1v) is 11.0. The molecule has 0 spiro atoms. The lowest BCUT2D eigenvalue weighted by atomic mass is 10.1. The van der Waals surface area contributed by atoms with Crippen LogP contribution in [0.3, 0.4) is 0 Å². The van der Waals surface area contributed by atoms with Gasteiger partial charge in [-0.1, -0.05) is 19.1 Å². The molecule has 1 heterocycles. The minimum Gasteiger partial charge on any atom is -0.385 e. The van der Waals surface area contributed by atoms with E-state index in [0.29, 0.717) is 18.2 Å². The van der Waals surface area contributed by atoms with Crippen LogP contribution in [0.4, 0.5) is 0 Å². The van der Waals surface area contributed by atoms with Crippen molar-refractivity contribution in [2.45, 2.75) is 58.2 Å². The zero-order valence-electron chi connectivity index (χ0n) is 19.4. The Morgan fingerprint density at radius 2 is 2.03 bits per heavy atom. The Kier molecular flexibility index (Phi) is 13.7. The van der Waals surface area contributed by atoms with Crippen molar-refractivity contribution >= 4 is 35.8 Å². The topological polar surface area (TPSA) is 75.2 Å². The predicted octanol–water partition coefficient (Wildman–Crippen LogP) is 3.43. The zero-order valence-corrected chi connectivity index (χ0v) is 21.7. The van der Waals surface area contributed by atoms with Crippen molar-refractivity contribution in [1.29, 1.82) is 0 Å². The Hall–Kier alpha value is -1.39. The molecule has 1 aliphatic heterocycles. The lowest BCUT2D eigenvalue weighted by molar-refractivity contribution is 0.00989. The number of likely N-dealkylation sites (tertiary alicyclic amines) is 1. The smallest absolute Gasteiger partial charge is 0.251 e. The standard InChI is InChI=1S/C23H38N4O3.HI/c1-5-18(2)26-22(28)20-9-6-8-19(16-20)17-25-23(24-3)27-12-10-21(11-13-27)30-15-7-14-29-4;/h6,8-9,16,18,21H,5,7,10-15,17H2,1-4H3,(H,24,25)(H,26,28);1H. The van der Waals surface area contributed by atoms with E-state index in [2.05, 4.69) is 27.4 Å². The Bertz CT molecular complexity index is 679. The highest BCUT2D eigenvalue weighted by Gasteiger charge is 2.21. The van der Waals surface area contributed by atoms with E-state index < -0.39 is 0 Å². The Morgan fingerprint density at radius 1 is 1.29 bits per heavy atom. The van der Waals surface area contributed by atoms with Gasteiger partial charge in [0.1, 0.15) is 0 Å². The van der Waals surface area contributed by atoms with Crippen LogP contribution in [0.1, 0.15) is 55.5 Å². The van der Waals surface area contributed by atoms with Crippen molar-refractivity contribution in [2.24, 2.45) is 4.99 Å². The van der Waals surface area contributed by atoms with Gasteiger partial charge in [-0.2, -0.15) is 0 Å². The van der Waals surface area contributed by atoms with E-state index in [-0.39, 0.29) is 35.9 Å². The quantitative estimate of drug-likeness (QED) is 0.204. The number of hydrogen-bond acceptors (Lipinski definition) is 4.